The van der Waals surface area contributed by atoms with Gasteiger partial charge < -0.3 is 0 Å². The predicted octanol–water partition coefficient (Wildman–Crippen LogP) is 5.67. The summed E-state index contributed by atoms with van der Waals surface area (Å²) < 4.78 is 0. The van der Waals surface area contributed by atoms with Crippen LogP contribution in [0.2, 0.25) is 0 Å². The van der Waals surface area contributed by atoms with Gasteiger partial charge in [0.25, 0.3) is 0 Å². The van der Waals surface area contributed by atoms with Crippen LogP contribution in [0.3, 0.4) is 0 Å². The van der Waals surface area contributed by atoms with Crippen LogP contribution in [-0.4, -0.2) is 0 Å². The van der Waals surface area contributed by atoms with Gasteiger partial charge in [-0.2, -0.15) is 0 Å². The molecule has 0 saturated heterocycles. The van der Waals surface area contributed by atoms with E-state index in [9.17, 15) is 0 Å². The van der Waals surface area contributed by atoms with Crippen LogP contribution in [0.15, 0.2) is 0 Å². The Morgan fingerprint density at radius 2 is 1.47 bits per heavy atom. The molecule has 0 aromatic rings. The van der Waals surface area contributed by atoms with Gasteiger partial charge >= 0.3 is 0 Å². The van der Waals surface area contributed by atoms with Crippen LogP contribution >= 0.6 is 0 Å². The van der Waals surface area contributed by atoms with Gasteiger partial charge in [0, 0.05) is 0 Å². The molecule has 0 saturated carbocycles. The molecular formula is C15H32. The molecule has 2 unspecified atom stereocenters. The van der Waals surface area contributed by atoms with Crippen molar-refractivity contribution in [3.63, 3.8) is 0 Å². The summed E-state index contributed by atoms with van der Waals surface area (Å²) in [5, 5.41) is 0. The molecule has 0 rings (SSSR count). The molecule has 2 atom stereocenters. The van der Waals surface area contributed by atoms with Gasteiger partial charge in [0.05, 0.1) is 0 Å². The normalized spacial score (nSPS) is 15.6. The first-order valence-electron chi connectivity index (χ1n) is 7.11. The molecule has 0 N–H and O–H groups in total. The molecule has 0 heteroatoms. The maximum atomic E-state index is 2.41. The van der Waals surface area contributed by atoms with Crippen LogP contribution in [-0.2, 0) is 0 Å². The zero-order valence-corrected chi connectivity index (χ0v) is 11.7. The first-order chi connectivity index (χ1) is 7.11. The molecule has 0 aromatic heterocycles. The van der Waals surface area contributed by atoms with E-state index in [-0.39, 0.29) is 0 Å². The molecule has 0 aliphatic rings. The third-order valence-electron chi connectivity index (χ3n) is 3.96. The van der Waals surface area contributed by atoms with E-state index < -0.39 is 0 Å². The smallest absolute Gasteiger partial charge is 0.0417 e. The minimum atomic E-state index is 0.859. The van der Waals surface area contributed by atoms with E-state index in [1.54, 1.807) is 0 Å². The Balaban J connectivity index is 3.60. The summed E-state index contributed by atoms with van der Waals surface area (Å²) in [5.41, 5.74) is 0. The quantitative estimate of drug-likeness (QED) is 0.432. The van der Waals surface area contributed by atoms with Crippen molar-refractivity contribution >= 4 is 0 Å². The number of hydrogen-bond acceptors (Lipinski definition) is 0. The minimum absolute atomic E-state index is 0.859. The minimum Gasteiger partial charge on any atom is -0.0654 e. The number of rotatable bonds is 9. The summed E-state index contributed by atoms with van der Waals surface area (Å²) in [7, 11) is 0. The zero-order valence-electron chi connectivity index (χ0n) is 11.7. The van der Waals surface area contributed by atoms with E-state index >= 15 is 0 Å². The topological polar surface area (TPSA) is 0 Å². The molecule has 0 aliphatic heterocycles. The Morgan fingerprint density at radius 1 is 0.800 bits per heavy atom. The summed E-state index contributed by atoms with van der Waals surface area (Å²) in [6.45, 7) is 11.8. The second-order valence-electron chi connectivity index (χ2n) is 5.57. The van der Waals surface area contributed by atoms with Crippen LogP contribution in [0.1, 0.15) is 79.6 Å². The second-order valence-corrected chi connectivity index (χ2v) is 5.57. The monoisotopic (exact) mass is 212 g/mol. The van der Waals surface area contributed by atoms with E-state index in [1.807, 2.05) is 0 Å². The maximum absolute atomic E-state index is 2.41. The summed E-state index contributed by atoms with van der Waals surface area (Å²) in [4.78, 5) is 0. The first-order valence-corrected chi connectivity index (χ1v) is 7.11. The summed E-state index contributed by atoms with van der Waals surface area (Å²) >= 11 is 0. The molecule has 0 spiro atoms. The van der Waals surface area contributed by atoms with E-state index in [0.717, 1.165) is 17.8 Å². The Bertz CT molecular complexity index is 126. The fraction of sp³-hybridized carbons (Fsp3) is 1.00. The number of unbranched alkanes of at least 4 members (excludes halogenated alkanes) is 2. The highest BCUT2D eigenvalue weighted by Gasteiger charge is 2.11. The van der Waals surface area contributed by atoms with Crippen molar-refractivity contribution in [2.24, 2.45) is 17.8 Å². The molecule has 0 fully saturated rings. The second kappa shape index (κ2) is 9.24. The Kier molecular flexibility index (Phi) is 9.24. The van der Waals surface area contributed by atoms with E-state index in [4.69, 9.17) is 0 Å². The fourth-order valence-corrected chi connectivity index (χ4v) is 2.07. The lowest BCUT2D eigenvalue weighted by atomic mass is 9.86. The fourth-order valence-electron chi connectivity index (χ4n) is 2.07. The third-order valence-corrected chi connectivity index (χ3v) is 3.96. The van der Waals surface area contributed by atoms with Gasteiger partial charge in [-0.3, -0.25) is 0 Å². The van der Waals surface area contributed by atoms with Crippen molar-refractivity contribution in [3.8, 4) is 0 Å². The Hall–Kier alpha value is 0. The maximum Gasteiger partial charge on any atom is -0.0417 e. The van der Waals surface area contributed by atoms with Crippen LogP contribution in [0.4, 0.5) is 0 Å². The van der Waals surface area contributed by atoms with Gasteiger partial charge in [-0.25, -0.2) is 0 Å². The highest BCUT2D eigenvalue weighted by Crippen LogP contribution is 2.24. The number of hydrogen-bond donors (Lipinski definition) is 0. The molecule has 0 amide bonds. The van der Waals surface area contributed by atoms with Crippen molar-refractivity contribution in [2.45, 2.75) is 79.6 Å². The van der Waals surface area contributed by atoms with Gasteiger partial charge in [-0.05, 0) is 17.8 Å². The molecule has 0 nitrogen and oxygen atoms in total. The molecule has 0 aromatic carbocycles. The third kappa shape index (κ3) is 7.88. The van der Waals surface area contributed by atoms with Gasteiger partial charge in [0.2, 0.25) is 0 Å². The molecule has 0 heterocycles. The van der Waals surface area contributed by atoms with Gasteiger partial charge in [0.1, 0.15) is 0 Å². The van der Waals surface area contributed by atoms with E-state index in [0.29, 0.717) is 0 Å². The van der Waals surface area contributed by atoms with Gasteiger partial charge in [0.15, 0.2) is 0 Å². The zero-order chi connectivity index (χ0) is 11.7. The lowest BCUT2D eigenvalue weighted by Crippen LogP contribution is -2.07. The largest absolute Gasteiger partial charge is 0.0654 e. The lowest BCUT2D eigenvalue weighted by Gasteiger charge is -2.20. The van der Waals surface area contributed by atoms with Crippen molar-refractivity contribution < 1.29 is 0 Å². The van der Waals surface area contributed by atoms with Crippen LogP contribution in [0, 0.1) is 17.8 Å². The average molecular weight is 212 g/mol. The first kappa shape index (κ1) is 15.0. The molecular weight excluding hydrogens is 180 g/mol. The van der Waals surface area contributed by atoms with Crippen molar-refractivity contribution in [1.29, 1.82) is 0 Å². The average Bonchev–Trinajstić information content (AvgIpc) is 2.22. The molecule has 92 valence electrons. The van der Waals surface area contributed by atoms with Crippen LogP contribution in [0.25, 0.3) is 0 Å². The molecule has 0 radical (unpaired) electrons. The van der Waals surface area contributed by atoms with Crippen LogP contribution < -0.4 is 0 Å². The van der Waals surface area contributed by atoms with Crippen molar-refractivity contribution in [3.05, 3.63) is 0 Å². The lowest BCUT2D eigenvalue weighted by molar-refractivity contribution is 0.323. The molecule has 0 aliphatic carbocycles. The highest BCUT2D eigenvalue weighted by atomic mass is 14.2. The van der Waals surface area contributed by atoms with Gasteiger partial charge in [-0.15, -0.1) is 0 Å². The Morgan fingerprint density at radius 3 is 1.93 bits per heavy atom. The SMILES string of the molecule is CCCCCC(CC)CCC(C)C(C)C. The van der Waals surface area contributed by atoms with E-state index in [2.05, 4.69) is 34.6 Å². The standard InChI is InChI=1S/C15H32/c1-6-8-9-10-15(7-2)12-11-14(5)13(3)4/h13-15H,6-12H2,1-5H3. The Labute approximate surface area is 97.8 Å². The summed E-state index contributed by atoms with van der Waals surface area (Å²) in [5.74, 6) is 2.76. The molecule has 0 bridgehead atoms. The predicted molar refractivity (Wildman–Crippen MR) is 71.2 cm³/mol. The summed E-state index contributed by atoms with van der Waals surface area (Å²) in [6.07, 6.45) is 9.98. The van der Waals surface area contributed by atoms with Gasteiger partial charge in [-0.1, -0.05) is 79.6 Å². The molecule has 15 heavy (non-hydrogen) atoms. The highest BCUT2D eigenvalue weighted by molar-refractivity contribution is 4.63. The van der Waals surface area contributed by atoms with Crippen molar-refractivity contribution in [1.82, 2.24) is 0 Å². The summed E-state index contributed by atoms with van der Waals surface area (Å²) in [6, 6.07) is 0. The van der Waals surface area contributed by atoms with E-state index in [1.165, 1.54) is 44.9 Å². The van der Waals surface area contributed by atoms with Crippen LogP contribution in [0.5, 0.6) is 0 Å². The van der Waals surface area contributed by atoms with Crippen molar-refractivity contribution in [2.75, 3.05) is 0 Å².